The number of nitrogens with zero attached hydrogens (tertiary/aromatic N) is 6. The Bertz CT molecular complexity index is 2220. The van der Waals surface area contributed by atoms with Crippen LogP contribution in [0, 0.1) is 0 Å². The molecule has 2 aromatic carbocycles. The van der Waals surface area contributed by atoms with Gasteiger partial charge in [-0.2, -0.15) is 62.9 Å². The molecule has 0 fully saturated rings. The Morgan fingerprint density at radius 3 is 1.28 bits per heavy atom. The zero-order valence-electron chi connectivity index (χ0n) is 28.9. The number of aryl methyl sites for hydroxylation is 2. The molecule has 6 rings (SSSR count). The van der Waals surface area contributed by atoms with Gasteiger partial charge in [-0.3, -0.25) is 9.36 Å². The fourth-order valence-electron chi connectivity index (χ4n) is 5.73. The largest absolute Gasteiger partial charge is 0.478 e. The summed E-state index contributed by atoms with van der Waals surface area (Å²) in [6.07, 6.45) is -21.8. The molecule has 0 spiro atoms. The highest BCUT2D eigenvalue weighted by atomic mass is 19.4. The summed E-state index contributed by atoms with van der Waals surface area (Å²) in [6, 6.07) is 10.7. The van der Waals surface area contributed by atoms with E-state index < -0.39 is 83.5 Å². The number of aromatic carboxylic acids is 1. The summed E-state index contributed by atoms with van der Waals surface area (Å²) in [5, 5.41) is 22.0. The highest BCUT2D eigenvalue weighted by Gasteiger charge is 2.65. The lowest BCUT2D eigenvalue weighted by Gasteiger charge is -2.28. The minimum absolute atomic E-state index is 0.0909. The molecule has 4 aromatic rings. The van der Waals surface area contributed by atoms with Crippen LogP contribution in [0.15, 0.2) is 71.0 Å². The van der Waals surface area contributed by atoms with E-state index in [9.17, 15) is 62.3 Å². The van der Waals surface area contributed by atoms with Gasteiger partial charge in [-0.15, -0.1) is 0 Å². The van der Waals surface area contributed by atoms with E-state index >= 15 is 0 Å². The molecule has 0 radical (unpaired) electrons. The van der Waals surface area contributed by atoms with Gasteiger partial charge in [0.15, 0.2) is 11.4 Å². The summed E-state index contributed by atoms with van der Waals surface area (Å²) >= 11 is 0. The average Bonchev–Trinajstić information content (AvgIpc) is 3.92. The summed E-state index contributed by atoms with van der Waals surface area (Å²) in [4.78, 5) is 31.7. The smallest absolute Gasteiger partial charge is 0.437 e. The van der Waals surface area contributed by atoms with E-state index in [1.165, 1.54) is 55.6 Å². The van der Waals surface area contributed by atoms with Crippen molar-refractivity contribution in [3.63, 3.8) is 0 Å². The second-order valence-corrected chi connectivity index (χ2v) is 12.3. The molecule has 2 atom stereocenters. The Kier molecular flexibility index (Phi) is 10.7. The number of aromatic nitrogens is 4. The summed E-state index contributed by atoms with van der Waals surface area (Å²) < 4.78 is 166. The fourth-order valence-corrected chi connectivity index (χ4v) is 5.73. The van der Waals surface area contributed by atoms with Gasteiger partial charge in [-0.25, -0.2) is 9.59 Å². The van der Waals surface area contributed by atoms with Gasteiger partial charge < -0.3 is 19.5 Å². The number of esters is 1. The zero-order chi connectivity index (χ0) is 42.5. The number of halogens is 12. The number of carboxylic acids is 1. The lowest BCUT2D eigenvalue weighted by molar-refractivity contribution is -0.278. The molecule has 2 aliphatic rings. The SMILES string of the molecule is COC(=O)c1ccc(C2=NOC(c3cc(C(F)(F)F)nn3C)(C(F)(F)F)C2)cc1.Cn1nc(C(F)(F)F)cc1C1(C(F)(F)F)CC(c2ccc(C(=O)O)cc2)=NO1. The lowest BCUT2D eigenvalue weighted by Crippen LogP contribution is -2.44. The second-order valence-electron chi connectivity index (χ2n) is 12.3. The van der Waals surface area contributed by atoms with E-state index in [2.05, 4.69) is 30.1 Å². The third kappa shape index (κ3) is 7.96. The number of alkyl halides is 12. The van der Waals surface area contributed by atoms with E-state index in [1.807, 2.05) is 0 Å². The van der Waals surface area contributed by atoms with Crippen molar-refractivity contribution in [1.82, 2.24) is 19.6 Å². The van der Waals surface area contributed by atoms with Gasteiger partial charge in [0.25, 0.3) is 11.2 Å². The van der Waals surface area contributed by atoms with E-state index in [4.69, 9.17) is 9.94 Å². The zero-order valence-corrected chi connectivity index (χ0v) is 28.9. The summed E-state index contributed by atoms with van der Waals surface area (Å²) in [5.74, 6) is -1.87. The minimum atomic E-state index is -5.10. The Labute approximate surface area is 310 Å². The van der Waals surface area contributed by atoms with Gasteiger partial charge in [0.2, 0.25) is 0 Å². The van der Waals surface area contributed by atoms with Gasteiger partial charge in [0.1, 0.15) is 0 Å². The third-order valence-corrected chi connectivity index (χ3v) is 8.64. The molecule has 0 saturated carbocycles. The first-order valence-corrected chi connectivity index (χ1v) is 15.6. The monoisotopic (exact) mass is 828 g/mol. The Morgan fingerprint density at radius 1 is 0.649 bits per heavy atom. The van der Waals surface area contributed by atoms with Crippen LogP contribution in [0.5, 0.6) is 0 Å². The number of rotatable bonds is 6. The molecule has 57 heavy (non-hydrogen) atoms. The van der Waals surface area contributed by atoms with Crippen LogP contribution in [0.3, 0.4) is 0 Å². The van der Waals surface area contributed by atoms with Crippen molar-refractivity contribution in [2.45, 2.75) is 48.7 Å². The number of hydrogen-bond acceptors (Lipinski definition) is 9. The van der Waals surface area contributed by atoms with Crippen LogP contribution in [0.2, 0.25) is 0 Å². The van der Waals surface area contributed by atoms with E-state index in [-0.39, 0.29) is 39.7 Å². The number of benzene rings is 2. The van der Waals surface area contributed by atoms with Crippen molar-refractivity contribution >= 4 is 23.4 Å². The number of methoxy groups -OCH3 is 1. The standard InChI is InChI=1S/C17H13F6N3O3.C16H11F6N3O3/c1-26-13(7-12(24-26)16(18,19)20)15(17(21,22)23)8-11(25-29-15)9-3-5-10(6-4-9)14(27)28-2;1-25-12(6-11(23-25)15(17,18)19)14(16(20,21)22)7-10(24-28-14)8-2-4-9(5-3-8)13(26)27/h3-7H,8H2,1-2H3;2-6H,7H2,1H3,(H,26,27). The van der Waals surface area contributed by atoms with E-state index in [0.29, 0.717) is 15.4 Å². The highest BCUT2D eigenvalue weighted by molar-refractivity contribution is 6.03. The van der Waals surface area contributed by atoms with Crippen LogP contribution >= 0.6 is 0 Å². The molecule has 12 nitrogen and oxygen atoms in total. The Morgan fingerprint density at radius 2 is 1.00 bits per heavy atom. The van der Waals surface area contributed by atoms with E-state index in [1.54, 1.807) is 0 Å². The maximum absolute atomic E-state index is 13.9. The van der Waals surface area contributed by atoms with Gasteiger partial charge in [0, 0.05) is 14.1 Å². The molecular weight excluding hydrogens is 804 g/mol. The summed E-state index contributed by atoms with van der Waals surface area (Å²) in [7, 11) is 3.08. The third-order valence-electron chi connectivity index (χ3n) is 8.64. The second kappa shape index (κ2) is 14.4. The van der Waals surface area contributed by atoms with Crippen LogP contribution in [0.25, 0.3) is 0 Å². The van der Waals surface area contributed by atoms with Crippen LogP contribution < -0.4 is 0 Å². The molecule has 1 N–H and O–H groups in total. The number of carbonyl (C=O) groups is 2. The molecular formula is C33H24F12N6O6. The first-order valence-electron chi connectivity index (χ1n) is 15.6. The van der Waals surface area contributed by atoms with Crippen molar-refractivity contribution in [1.29, 1.82) is 0 Å². The van der Waals surface area contributed by atoms with Gasteiger partial charge in [0.05, 0.1) is 53.9 Å². The number of ether oxygens (including phenoxy) is 1. The predicted octanol–water partition coefficient (Wildman–Crippen LogP) is 7.53. The molecule has 2 aliphatic heterocycles. The molecule has 0 saturated heterocycles. The normalized spacial score (nSPS) is 19.8. The topological polar surface area (TPSA) is 142 Å². The van der Waals surface area contributed by atoms with Crippen molar-refractivity contribution in [2.75, 3.05) is 7.11 Å². The van der Waals surface area contributed by atoms with Crippen LogP contribution in [-0.2, 0) is 52.1 Å². The van der Waals surface area contributed by atoms with Gasteiger partial charge >= 0.3 is 36.6 Å². The molecule has 0 aliphatic carbocycles. The first-order chi connectivity index (χ1) is 26.2. The van der Waals surface area contributed by atoms with Crippen molar-refractivity contribution in [3.05, 3.63) is 106 Å². The average molecular weight is 829 g/mol. The van der Waals surface area contributed by atoms with Gasteiger partial charge in [-0.05, 0) is 47.5 Å². The van der Waals surface area contributed by atoms with Crippen molar-refractivity contribution in [3.8, 4) is 0 Å². The highest BCUT2D eigenvalue weighted by Crippen LogP contribution is 2.51. The van der Waals surface area contributed by atoms with Crippen LogP contribution in [0.1, 0.15) is 67.5 Å². The molecule has 2 aromatic heterocycles. The fraction of sp³-hybridized carbons (Fsp3) is 0.333. The Balaban J connectivity index is 0.000000218. The quantitative estimate of drug-likeness (QED) is 0.155. The number of carboxylic acid groups (broad SMARTS) is 1. The summed E-state index contributed by atoms with van der Waals surface area (Å²) in [6.45, 7) is 0. The summed E-state index contributed by atoms with van der Waals surface area (Å²) in [5.41, 5.74) is -10.8. The van der Waals surface area contributed by atoms with Crippen LogP contribution in [-0.4, -0.2) is 67.5 Å². The van der Waals surface area contributed by atoms with Crippen LogP contribution in [0.4, 0.5) is 52.7 Å². The number of hydrogen-bond donors (Lipinski definition) is 1. The maximum atomic E-state index is 13.9. The van der Waals surface area contributed by atoms with Crippen molar-refractivity contribution in [2.24, 2.45) is 24.4 Å². The molecule has 2 unspecified atom stereocenters. The van der Waals surface area contributed by atoms with Gasteiger partial charge in [-0.1, -0.05) is 34.6 Å². The first kappa shape index (κ1) is 42.1. The lowest BCUT2D eigenvalue weighted by atomic mass is 9.89. The molecule has 0 amide bonds. The minimum Gasteiger partial charge on any atom is -0.478 e. The molecule has 24 heteroatoms. The maximum Gasteiger partial charge on any atom is 0.437 e. The predicted molar refractivity (Wildman–Crippen MR) is 168 cm³/mol. The number of oxime groups is 2. The van der Waals surface area contributed by atoms with Crippen molar-refractivity contribution < 1.29 is 81.8 Å². The molecule has 306 valence electrons. The Hall–Kier alpha value is -6.10. The van der Waals surface area contributed by atoms with E-state index in [0.717, 1.165) is 14.1 Å². The number of carbonyl (C=O) groups excluding carboxylic acids is 1. The molecule has 0 bridgehead atoms. The molecule has 4 heterocycles.